The van der Waals surface area contributed by atoms with Crippen LogP contribution in [0, 0.1) is 5.92 Å². The second kappa shape index (κ2) is 13.3. The van der Waals surface area contributed by atoms with Crippen molar-refractivity contribution in [2.45, 2.75) is 25.7 Å². The van der Waals surface area contributed by atoms with E-state index in [1.807, 2.05) is 42.5 Å². The highest BCUT2D eigenvalue weighted by Crippen LogP contribution is 2.32. The fourth-order valence-electron chi connectivity index (χ4n) is 5.43. The van der Waals surface area contributed by atoms with Gasteiger partial charge in [0.1, 0.15) is 17.3 Å². The second-order valence-electron chi connectivity index (χ2n) is 10.3. The molecule has 0 bridgehead atoms. The summed E-state index contributed by atoms with van der Waals surface area (Å²) < 4.78 is 10.8. The highest BCUT2D eigenvalue weighted by Gasteiger charge is 2.19. The van der Waals surface area contributed by atoms with Gasteiger partial charge in [-0.15, -0.1) is 0 Å². The van der Waals surface area contributed by atoms with Gasteiger partial charge in [0.15, 0.2) is 0 Å². The van der Waals surface area contributed by atoms with Crippen molar-refractivity contribution in [2.75, 3.05) is 45.7 Å². The van der Waals surface area contributed by atoms with Crippen LogP contribution in [0.5, 0.6) is 11.5 Å². The molecule has 0 radical (unpaired) electrons. The van der Waals surface area contributed by atoms with Gasteiger partial charge >= 0.3 is 0 Å². The van der Waals surface area contributed by atoms with Gasteiger partial charge in [-0.1, -0.05) is 48.5 Å². The number of piperidine rings is 1. The summed E-state index contributed by atoms with van der Waals surface area (Å²) in [5.74, 6) is 2.57. The summed E-state index contributed by atoms with van der Waals surface area (Å²) in [6.07, 6.45) is 4.57. The Kier molecular flexibility index (Phi) is 9.14. The van der Waals surface area contributed by atoms with E-state index in [0.717, 1.165) is 48.6 Å². The van der Waals surface area contributed by atoms with E-state index in [4.69, 9.17) is 14.5 Å². The lowest BCUT2D eigenvalue weighted by atomic mass is 9.90. The van der Waals surface area contributed by atoms with E-state index < -0.39 is 0 Å². The van der Waals surface area contributed by atoms with Crippen molar-refractivity contribution in [2.24, 2.45) is 5.92 Å². The molecule has 7 heteroatoms. The van der Waals surface area contributed by atoms with Gasteiger partial charge in [-0.05, 0) is 81.1 Å². The number of methoxy groups -OCH3 is 2. The molecule has 7 nitrogen and oxygen atoms in total. The topological polar surface area (TPSA) is 75.7 Å². The van der Waals surface area contributed by atoms with E-state index in [9.17, 15) is 4.79 Å². The number of aromatic nitrogens is 1. The summed E-state index contributed by atoms with van der Waals surface area (Å²) in [5, 5.41) is 7.28. The third-order valence-corrected chi connectivity index (χ3v) is 7.64. The Balaban J connectivity index is 1.16. The van der Waals surface area contributed by atoms with E-state index >= 15 is 0 Å². The summed E-state index contributed by atoms with van der Waals surface area (Å²) in [6, 6.07) is 25.9. The number of ether oxygens (including phenoxy) is 2. The Morgan fingerprint density at radius 3 is 2.50 bits per heavy atom. The molecule has 2 heterocycles. The smallest absolute Gasteiger partial charge is 0.252 e. The van der Waals surface area contributed by atoms with E-state index in [2.05, 4.69) is 45.9 Å². The van der Waals surface area contributed by atoms with Crippen molar-refractivity contribution >= 4 is 28.3 Å². The number of carbonyl (C=O) groups excluding carboxylic acids is 1. The summed E-state index contributed by atoms with van der Waals surface area (Å²) in [6.45, 7) is 3.89. The molecule has 1 amide bonds. The first-order chi connectivity index (χ1) is 19.6. The highest BCUT2D eigenvalue weighted by molar-refractivity contribution is 6.07. The van der Waals surface area contributed by atoms with Crippen LogP contribution in [0.25, 0.3) is 10.9 Å². The summed E-state index contributed by atoms with van der Waals surface area (Å²) in [5.41, 5.74) is 3.53. The molecule has 0 saturated carbocycles. The number of likely N-dealkylation sites (tertiary alicyclic amines) is 1. The minimum atomic E-state index is -0.0927. The number of fused-ring (bicyclic) bond motifs is 1. The number of nitrogens with zero attached hydrogens (tertiary/aromatic N) is 2. The summed E-state index contributed by atoms with van der Waals surface area (Å²) in [7, 11) is 3.23. The molecule has 1 saturated heterocycles. The van der Waals surface area contributed by atoms with Crippen LogP contribution in [0.2, 0.25) is 0 Å². The molecule has 40 heavy (non-hydrogen) atoms. The molecule has 1 aromatic heterocycles. The fourth-order valence-corrected chi connectivity index (χ4v) is 5.43. The van der Waals surface area contributed by atoms with Gasteiger partial charge in [-0.3, -0.25) is 4.79 Å². The van der Waals surface area contributed by atoms with Crippen molar-refractivity contribution in [3.8, 4) is 11.5 Å². The maximum absolute atomic E-state index is 13.3. The molecule has 208 valence electrons. The number of benzene rings is 3. The summed E-state index contributed by atoms with van der Waals surface area (Å²) >= 11 is 0. The van der Waals surface area contributed by atoms with E-state index in [1.54, 1.807) is 20.3 Å². The highest BCUT2D eigenvalue weighted by atomic mass is 16.5. The van der Waals surface area contributed by atoms with Crippen LogP contribution in [0.15, 0.2) is 78.9 Å². The zero-order valence-corrected chi connectivity index (χ0v) is 23.4. The lowest BCUT2D eigenvalue weighted by Crippen LogP contribution is -2.36. The normalized spacial score (nSPS) is 14.2. The number of para-hydroxylation sites is 1. The predicted molar refractivity (Wildman–Crippen MR) is 161 cm³/mol. The first kappa shape index (κ1) is 27.5. The molecular formula is C33H38N4O3. The van der Waals surface area contributed by atoms with Crippen LogP contribution < -0.4 is 20.1 Å². The van der Waals surface area contributed by atoms with Gasteiger partial charge in [0, 0.05) is 18.0 Å². The Bertz CT molecular complexity index is 1420. The molecule has 3 aromatic carbocycles. The molecule has 1 fully saturated rings. The van der Waals surface area contributed by atoms with Gasteiger partial charge in [0.05, 0.1) is 31.0 Å². The molecule has 0 aliphatic carbocycles. The number of nitrogens with one attached hydrogen (secondary N) is 2. The SMILES string of the molecule is COc1ccc(Nc2cc(C(=O)NCCCN3CCC(Cc4ccccc4)CC3)c3ccccc3n2)c(OC)c1. The van der Waals surface area contributed by atoms with Gasteiger partial charge in [-0.25, -0.2) is 4.98 Å². The fraction of sp³-hybridized carbons (Fsp3) is 0.333. The molecule has 4 aromatic rings. The van der Waals surface area contributed by atoms with E-state index in [1.165, 1.54) is 24.8 Å². The number of hydrogen-bond donors (Lipinski definition) is 2. The first-order valence-corrected chi connectivity index (χ1v) is 14.1. The quantitative estimate of drug-likeness (QED) is 0.226. The van der Waals surface area contributed by atoms with Crippen LogP contribution in [0.3, 0.4) is 0 Å². The van der Waals surface area contributed by atoms with Crippen LogP contribution in [-0.4, -0.2) is 56.2 Å². The Morgan fingerprint density at radius 1 is 0.950 bits per heavy atom. The molecule has 0 spiro atoms. The third-order valence-electron chi connectivity index (χ3n) is 7.64. The largest absolute Gasteiger partial charge is 0.497 e. The van der Waals surface area contributed by atoms with Gasteiger partial charge in [0.25, 0.3) is 5.91 Å². The second-order valence-corrected chi connectivity index (χ2v) is 10.3. The van der Waals surface area contributed by atoms with Crippen molar-refractivity contribution in [1.29, 1.82) is 0 Å². The van der Waals surface area contributed by atoms with E-state index in [0.29, 0.717) is 29.4 Å². The van der Waals surface area contributed by atoms with Gasteiger partial charge in [-0.2, -0.15) is 0 Å². The molecule has 0 unspecified atom stereocenters. The molecule has 1 aliphatic heterocycles. The van der Waals surface area contributed by atoms with Crippen molar-refractivity contribution < 1.29 is 14.3 Å². The molecular weight excluding hydrogens is 500 g/mol. The molecule has 5 rings (SSSR count). The van der Waals surface area contributed by atoms with Crippen LogP contribution in [0.4, 0.5) is 11.5 Å². The third kappa shape index (κ3) is 6.90. The van der Waals surface area contributed by atoms with Crippen LogP contribution in [-0.2, 0) is 6.42 Å². The number of amides is 1. The Morgan fingerprint density at radius 2 is 1.73 bits per heavy atom. The standard InChI is InChI=1S/C33H38N4O3/c1-39-26-13-14-30(31(22-26)40-2)36-32-23-28(27-11-6-7-12-29(27)35-32)33(38)34-17-8-18-37-19-15-25(16-20-37)21-24-9-4-3-5-10-24/h3-7,9-14,22-23,25H,8,15-21H2,1-2H3,(H,34,38)(H,35,36). The monoisotopic (exact) mass is 538 g/mol. The van der Waals surface area contributed by atoms with Crippen LogP contribution in [0.1, 0.15) is 35.2 Å². The number of carbonyl (C=O) groups is 1. The Labute approximate surface area is 236 Å². The number of pyridine rings is 1. The number of anilines is 2. The van der Waals surface area contributed by atoms with Crippen molar-refractivity contribution in [1.82, 2.24) is 15.2 Å². The van der Waals surface area contributed by atoms with Crippen molar-refractivity contribution in [3.05, 3.63) is 90.0 Å². The molecule has 2 N–H and O–H groups in total. The maximum Gasteiger partial charge on any atom is 0.252 e. The molecule has 1 aliphatic rings. The number of hydrogen-bond acceptors (Lipinski definition) is 6. The van der Waals surface area contributed by atoms with Gasteiger partial charge in [0.2, 0.25) is 0 Å². The zero-order chi connectivity index (χ0) is 27.7. The minimum absolute atomic E-state index is 0.0927. The summed E-state index contributed by atoms with van der Waals surface area (Å²) in [4.78, 5) is 20.6. The molecule has 0 atom stereocenters. The number of rotatable bonds is 11. The average molecular weight is 539 g/mol. The average Bonchev–Trinajstić information content (AvgIpc) is 3.00. The maximum atomic E-state index is 13.3. The van der Waals surface area contributed by atoms with E-state index in [-0.39, 0.29) is 5.91 Å². The zero-order valence-electron chi connectivity index (χ0n) is 23.4. The lowest BCUT2D eigenvalue weighted by molar-refractivity contribution is 0.0952. The van der Waals surface area contributed by atoms with Gasteiger partial charge < -0.3 is 25.0 Å². The van der Waals surface area contributed by atoms with Crippen LogP contribution >= 0.6 is 0 Å². The Hall–Kier alpha value is -4.10. The predicted octanol–water partition coefficient (Wildman–Crippen LogP) is 6.07. The minimum Gasteiger partial charge on any atom is -0.497 e. The first-order valence-electron chi connectivity index (χ1n) is 14.1. The lowest BCUT2D eigenvalue weighted by Gasteiger charge is -2.32. The van der Waals surface area contributed by atoms with Crippen molar-refractivity contribution in [3.63, 3.8) is 0 Å².